The number of carbonyl (C=O) groups excluding carboxylic acids is 1. The van der Waals surface area contributed by atoms with Crippen LogP contribution in [0.15, 0.2) is 0 Å². The number of carbonyl (C=O) groups is 2. The summed E-state index contributed by atoms with van der Waals surface area (Å²) in [6.45, 7) is 4.91. The smallest absolute Gasteiger partial charge is 0.317 e. The molecule has 5 heteroatoms. The van der Waals surface area contributed by atoms with Gasteiger partial charge in [0, 0.05) is 19.6 Å². The molecule has 1 rings (SSSR count). The molecule has 1 fully saturated rings. The first-order valence-corrected chi connectivity index (χ1v) is 5.20. The Morgan fingerprint density at radius 2 is 1.87 bits per heavy atom. The fraction of sp³-hybridized carbons (Fsp3) is 0.800. The van der Waals surface area contributed by atoms with Crippen molar-refractivity contribution in [1.82, 2.24) is 10.2 Å². The second-order valence-corrected chi connectivity index (χ2v) is 4.54. The highest BCUT2D eigenvalue weighted by Gasteiger charge is 2.28. The van der Waals surface area contributed by atoms with Gasteiger partial charge in [-0.3, -0.25) is 4.79 Å². The lowest BCUT2D eigenvalue weighted by Crippen LogP contribution is -2.44. The van der Waals surface area contributed by atoms with Crippen molar-refractivity contribution in [2.45, 2.75) is 26.7 Å². The highest BCUT2D eigenvalue weighted by molar-refractivity contribution is 5.77. The molecule has 0 spiro atoms. The minimum atomic E-state index is -0.907. The molecule has 0 aromatic rings. The monoisotopic (exact) mass is 214 g/mol. The summed E-state index contributed by atoms with van der Waals surface area (Å²) >= 11 is 0. The van der Waals surface area contributed by atoms with E-state index in [9.17, 15) is 9.59 Å². The van der Waals surface area contributed by atoms with E-state index in [0.29, 0.717) is 0 Å². The van der Waals surface area contributed by atoms with Gasteiger partial charge in [0.1, 0.15) is 0 Å². The van der Waals surface area contributed by atoms with Crippen molar-refractivity contribution in [3.8, 4) is 0 Å². The third kappa shape index (κ3) is 3.11. The van der Waals surface area contributed by atoms with E-state index in [1.807, 2.05) is 0 Å². The van der Waals surface area contributed by atoms with Crippen LogP contribution in [-0.2, 0) is 4.79 Å². The van der Waals surface area contributed by atoms with E-state index in [1.54, 1.807) is 18.7 Å². The Bertz CT molecular complexity index is 257. The number of urea groups is 1. The predicted molar refractivity (Wildman–Crippen MR) is 55.6 cm³/mol. The van der Waals surface area contributed by atoms with E-state index in [1.165, 1.54) is 0 Å². The molecule has 2 amide bonds. The van der Waals surface area contributed by atoms with E-state index in [2.05, 4.69) is 5.32 Å². The molecular weight excluding hydrogens is 196 g/mol. The van der Waals surface area contributed by atoms with Crippen molar-refractivity contribution in [2.24, 2.45) is 5.41 Å². The first-order chi connectivity index (χ1) is 6.93. The zero-order valence-corrected chi connectivity index (χ0v) is 9.25. The van der Waals surface area contributed by atoms with Crippen LogP contribution < -0.4 is 5.32 Å². The number of rotatable bonds is 3. The van der Waals surface area contributed by atoms with Crippen molar-refractivity contribution >= 4 is 12.0 Å². The SMILES string of the molecule is CC(C)(CNC(=O)N1CCCC1)C(=O)O. The van der Waals surface area contributed by atoms with E-state index in [0.717, 1.165) is 25.9 Å². The molecule has 1 aliphatic rings. The number of hydrogen-bond donors (Lipinski definition) is 2. The highest BCUT2D eigenvalue weighted by Crippen LogP contribution is 2.14. The number of nitrogens with one attached hydrogen (secondary N) is 1. The Balaban J connectivity index is 2.36. The van der Waals surface area contributed by atoms with Crippen LogP contribution in [-0.4, -0.2) is 41.6 Å². The molecule has 1 aliphatic heterocycles. The van der Waals surface area contributed by atoms with E-state index in [-0.39, 0.29) is 12.6 Å². The molecule has 0 aromatic carbocycles. The Morgan fingerprint density at radius 1 is 1.33 bits per heavy atom. The normalized spacial score (nSPS) is 16.5. The van der Waals surface area contributed by atoms with Crippen LogP contribution in [0, 0.1) is 5.41 Å². The molecule has 0 bridgehead atoms. The average molecular weight is 214 g/mol. The Morgan fingerprint density at radius 3 is 2.33 bits per heavy atom. The van der Waals surface area contributed by atoms with Crippen LogP contribution in [0.25, 0.3) is 0 Å². The van der Waals surface area contributed by atoms with Crippen LogP contribution in [0.2, 0.25) is 0 Å². The van der Waals surface area contributed by atoms with Gasteiger partial charge in [0.2, 0.25) is 0 Å². The number of hydrogen-bond acceptors (Lipinski definition) is 2. The minimum Gasteiger partial charge on any atom is -0.481 e. The second kappa shape index (κ2) is 4.51. The molecule has 0 saturated carbocycles. The molecule has 5 nitrogen and oxygen atoms in total. The van der Waals surface area contributed by atoms with E-state index < -0.39 is 11.4 Å². The van der Waals surface area contributed by atoms with Gasteiger partial charge in [-0.15, -0.1) is 0 Å². The summed E-state index contributed by atoms with van der Waals surface area (Å²) < 4.78 is 0. The lowest BCUT2D eigenvalue weighted by atomic mass is 9.94. The Labute approximate surface area is 89.4 Å². The third-order valence-electron chi connectivity index (χ3n) is 2.65. The van der Waals surface area contributed by atoms with Gasteiger partial charge in [0.25, 0.3) is 0 Å². The first-order valence-electron chi connectivity index (χ1n) is 5.20. The summed E-state index contributed by atoms with van der Waals surface area (Å²) in [7, 11) is 0. The summed E-state index contributed by atoms with van der Waals surface area (Å²) in [6.07, 6.45) is 2.07. The van der Waals surface area contributed by atoms with Gasteiger partial charge in [-0.05, 0) is 26.7 Å². The van der Waals surface area contributed by atoms with Crippen LogP contribution in [0.3, 0.4) is 0 Å². The van der Waals surface area contributed by atoms with Crippen molar-refractivity contribution < 1.29 is 14.7 Å². The summed E-state index contributed by atoms with van der Waals surface area (Å²) in [5.74, 6) is -0.899. The fourth-order valence-corrected chi connectivity index (χ4v) is 1.40. The van der Waals surface area contributed by atoms with Crippen LogP contribution >= 0.6 is 0 Å². The van der Waals surface area contributed by atoms with Gasteiger partial charge in [-0.25, -0.2) is 4.79 Å². The van der Waals surface area contributed by atoms with E-state index in [4.69, 9.17) is 5.11 Å². The molecule has 2 N–H and O–H groups in total. The van der Waals surface area contributed by atoms with Crippen molar-refractivity contribution in [3.63, 3.8) is 0 Å². The zero-order valence-electron chi connectivity index (χ0n) is 9.25. The van der Waals surface area contributed by atoms with Crippen molar-refractivity contribution in [3.05, 3.63) is 0 Å². The molecule has 0 atom stereocenters. The minimum absolute atomic E-state index is 0.151. The molecule has 0 unspecified atom stereocenters. The van der Waals surface area contributed by atoms with Gasteiger partial charge < -0.3 is 15.3 Å². The lowest BCUT2D eigenvalue weighted by Gasteiger charge is -2.22. The lowest BCUT2D eigenvalue weighted by molar-refractivity contribution is -0.146. The molecule has 1 saturated heterocycles. The maximum absolute atomic E-state index is 11.5. The van der Waals surface area contributed by atoms with Crippen molar-refractivity contribution in [1.29, 1.82) is 0 Å². The Hall–Kier alpha value is -1.26. The second-order valence-electron chi connectivity index (χ2n) is 4.54. The van der Waals surface area contributed by atoms with E-state index >= 15 is 0 Å². The molecule has 0 aromatic heterocycles. The number of carboxylic acids is 1. The molecular formula is C10H18N2O3. The summed E-state index contributed by atoms with van der Waals surface area (Å²) in [6, 6.07) is -0.151. The summed E-state index contributed by atoms with van der Waals surface area (Å²) in [4.78, 5) is 24.0. The number of amides is 2. The number of aliphatic carboxylic acids is 1. The van der Waals surface area contributed by atoms with Gasteiger partial charge in [-0.1, -0.05) is 0 Å². The highest BCUT2D eigenvalue weighted by atomic mass is 16.4. The summed E-state index contributed by atoms with van der Waals surface area (Å²) in [5, 5.41) is 11.5. The molecule has 86 valence electrons. The maximum atomic E-state index is 11.5. The van der Waals surface area contributed by atoms with Gasteiger partial charge >= 0.3 is 12.0 Å². The van der Waals surface area contributed by atoms with Gasteiger partial charge in [0.05, 0.1) is 5.41 Å². The molecule has 0 radical (unpaired) electrons. The third-order valence-corrected chi connectivity index (χ3v) is 2.65. The molecule has 1 heterocycles. The van der Waals surface area contributed by atoms with Crippen LogP contribution in [0.5, 0.6) is 0 Å². The van der Waals surface area contributed by atoms with Crippen molar-refractivity contribution in [2.75, 3.05) is 19.6 Å². The standard InChI is InChI=1S/C10H18N2O3/c1-10(2,8(13)14)7-11-9(15)12-5-3-4-6-12/h3-7H2,1-2H3,(H,11,15)(H,13,14). The molecule has 0 aliphatic carbocycles. The quantitative estimate of drug-likeness (QED) is 0.733. The predicted octanol–water partition coefficient (Wildman–Crippen LogP) is 0.903. The van der Waals surface area contributed by atoms with Gasteiger partial charge in [-0.2, -0.15) is 0 Å². The number of likely N-dealkylation sites (tertiary alicyclic amines) is 1. The van der Waals surface area contributed by atoms with Gasteiger partial charge in [0.15, 0.2) is 0 Å². The largest absolute Gasteiger partial charge is 0.481 e. The van der Waals surface area contributed by atoms with Crippen LogP contribution in [0.4, 0.5) is 4.79 Å². The maximum Gasteiger partial charge on any atom is 0.317 e. The average Bonchev–Trinajstić information content (AvgIpc) is 2.66. The zero-order chi connectivity index (χ0) is 11.5. The molecule has 15 heavy (non-hydrogen) atoms. The number of carboxylic acid groups (broad SMARTS) is 1. The topological polar surface area (TPSA) is 69.6 Å². The first kappa shape index (κ1) is 11.8. The Kier molecular flexibility index (Phi) is 3.55. The number of nitrogens with zero attached hydrogens (tertiary/aromatic N) is 1. The summed E-state index contributed by atoms with van der Waals surface area (Å²) in [5.41, 5.74) is -0.907. The fourth-order valence-electron chi connectivity index (χ4n) is 1.40. The van der Waals surface area contributed by atoms with Crippen LogP contribution in [0.1, 0.15) is 26.7 Å².